The monoisotopic (exact) mass is 247 g/mol. The molecule has 2 atom stereocenters. The van der Waals surface area contributed by atoms with E-state index in [1.54, 1.807) is 0 Å². The Morgan fingerprint density at radius 2 is 2.39 bits per heavy atom. The maximum Gasteiger partial charge on any atom is 0.0605 e. The molecule has 3 heteroatoms. The summed E-state index contributed by atoms with van der Waals surface area (Å²) in [4.78, 5) is 6.93. The predicted molar refractivity (Wildman–Crippen MR) is 75.7 cm³/mol. The quantitative estimate of drug-likeness (QED) is 0.836. The molecule has 1 aromatic rings. The van der Waals surface area contributed by atoms with Gasteiger partial charge in [-0.3, -0.25) is 4.98 Å². The molecule has 0 amide bonds. The molecule has 0 saturated heterocycles. The van der Waals surface area contributed by atoms with Crippen molar-refractivity contribution in [1.82, 2.24) is 15.2 Å². The van der Waals surface area contributed by atoms with Crippen LogP contribution < -0.4 is 5.32 Å². The fraction of sp³-hybridized carbons (Fsp3) is 0.667. The number of nitrogens with one attached hydrogen (secondary N) is 1. The van der Waals surface area contributed by atoms with Crippen LogP contribution in [0.1, 0.15) is 44.0 Å². The third-order valence-corrected chi connectivity index (χ3v) is 4.16. The average molecular weight is 247 g/mol. The molecule has 2 rings (SSSR count). The van der Waals surface area contributed by atoms with Crippen molar-refractivity contribution in [2.45, 2.75) is 45.2 Å². The van der Waals surface area contributed by atoms with Crippen LogP contribution in [0.15, 0.2) is 18.3 Å². The van der Waals surface area contributed by atoms with Gasteiger partial charge in [-0.15, -0.1) is 0 Å². The van der Waals surface area contributed by atoms with E-state index in [0.717, 1.165) is 13.1 Å². The van der Waals surface area contributed by atoms with Crippen molar-refractivity contribution in [1.29, 1.82) is 0 Å². The van der Waals surface area contributed by atoms with Crippen LogP contribution in [0.4, 0.5) is 0 Å². The molecule has 0 aliphatic heterocycles. The van der Waals surface area contributed by atoms with Gasteiger partial charge < -0.3 is 10.2 Å². The SMILES string of the molecule is CCC(C)N(C)CCNC1CCc2cccnc21. The number of aryl methyl sites for hydroxylation is 1. The topological polar surface area (TPSA) is 28.2 Å². The van der Waals surface area contributed by atoms with Crippen molar-refractivity contribution in [3.05, 3.63) is 29.6 Å². The van der Waals surface area contributed by atoms with Crippen LogP contribution in [0, 0.1) is 0 Å². The summed E-state index contributed by atoms with van der Waals surface area (Å²) >= 11 is 0. The molecule has 0 spiro atoms. The molecule has 2 unspecified atom stereocenters. The minimum Gasteiger partial charge on any atom is -0.307 e. The zero-order valence-electron chi connectivity index (χ0n) is 11.8. The Balaban J connectivity index is 1.79. The number of pyridine rings is 1. The summed E-state index contributed by atoms with van der Waals surface area (Å²) in [6, 6.07) is 5.38. The van der Waals surface area contributed by atoms with E-state index >= 15 is 0 Å². The number of fused-ring (bicyclic) bond motifs is 1. The van der Waals surface area contributed by atoms with Crippen molar-refractivity contribution >= 4 is 0 Å². The first-order valence-corrected chi connectivity index (χ1v) is 7.09. The second kappa shape index (κ2) is 6.30. The molecule has 1 N–H and O–H groups in total. The summed E-state index contributed by atoms with van der Waals surface area (Å²) in [5, 5.41) is 3.64. The summed E-state index contributed by atoms with van der Waals surface area (Å²) in [5.41, 5.74) is 2.69. The Morgan fingerprint density at radius 3 is 3.17 bits per heavy atom. The number of rotatable bonds is 6. The molecule has 0 radical (unpaired) electrons. The van der Waals surface area contributed by atoms with Crippen molar-refractivity contribution in [3.8, 4) is 0 Å². The van der Waals surface area contributed by atoms with E-state index in [9.17, 15) is 0 Å². The zero-order valence-corrected chi connectivity index (χ0v) is 11.8. The van der Waals surface area contributed by atoms with Gasteiger partial charge in [-0.1, -0.05) is 13.0 Å². The van der Waals surface area contributed by atoms with Gasteiger partial charge in [0, 0.05) is 25.3 Å². The standard InChI is InChI=1S/C15H25N3/c1-4-12(2)18(3)11-10-16-14-8-7-13-6-5-9-17-15(13)14/h5-6,9,12,14,16H,4,7-8,10-11H2,1-3H3. The van der Waals surface area contributed by atoms with Crippen LogP contribution in [0.3, 0.4) is 0 Å². The maximum absolute atomic E-state index is 4.51. The van der Waals surface area contributed by atoms with Crippen molar-refractivity contribution in [2.24, 2.45) is 0 Å². The first kappa shape index (κ1) is 13.5. The van der Waals surface area contributed by atoms with E-state index in [1.165, 1.54) is 30.5 Å². The van der Waals surface area contributed by atoms with Crippen LogP contribution in [-0.2, 0) is 6.42 Å². The third-order valence-electron chi connectivity index (χ3n) is 4.16. The first-order chi connectivity index (χ1) is 8.72. The van der Waals surface area contributed by atoms with E-state index in [4.69, 9.17) is 0 Å². The van der Waals surface area contributed by atoms with E-state index in [0.29, 0.717) is 12.1 Å². The number of hydrogen-bond acceptors (Lipinski definition) is 3. The van der Waals surface area contributed by atoms with E-state index in [1.807, 2.05) is 12.3 Å². The summed E-state index contributed by atoms with van der Waals surface area (Å²) in [5.74, 6) is 0. The summed E-state index contributed by atoms with van der Waals surface area (Å²) in [6.07, 6.45) is 5.48. The molecule has 3 nitrogen and oxygen atoms in total. The smallest absolute Gasteiger partial charge is 0.0605 e. The van der Waals surface area contributed by atoms with Gasteiger partial charge in [0.1, 0.15) is 0 Å². The first-order valence-electron chi connectivity index (χ1n) is 7.09. The molecule has 1 heterocycles. The second-order valence-corrected chi connectivity index (χ2v) is 5.33. The van der Waals surface area contributed by atoms with Crippen molar-refractivity contribution in [3.63, 3.8) is 0 Å². The van der Waals surface area contributed by atoms with Crippen LogP contribution in [0.5, 0.6) is 0 Å². The van der Waals surface area contributed by atoms with Gasteiger partial charge >= 0.3 is 0 Å². The molecular weight excluding hydrogens is 222 g/mol. The third kappa shape index (κ3) is 3.09. The van der Waals surface area contributed by atoms with Gasteiger partial charge in [0.2, 0.25) is 0 Å². The lowest BCUT2D eigenvalue weighted by Gasteiger charge is -2.24. The van der Waals surface area contributed by atoms with Gasteiger partial charge in [0.15, 0.2) is 0 Å². The molecular formula is C15H25N3. The Labute approximate surface area is 111 Å². The number of aromatic nitrogens is 1. The van der Waals surface area contributed by atoms with E-state index < -0.39 is 0 Å². The second-order valence-electron chi connectivity index (χ2n) is 5.33. The Morgan fingerprint density at radius 1 is 1.56 bits per heavy atom. The Bertz CT molecular complexity index is 378. The molecule has 100 valence electrons. The number of nitrogens with zero attached hydrogens (tertiary/aromatic N) is 2. The van der Waals surface area contributed by atoms with Gasteiger partial charge in [-0.2, -0.15) is 0 Å². The van der Waals surface area contributed by atoms with Crippen LogP contribution >= 0.6 is 0 Å². The molecule has 1 aliphatic rings. The van der Waals surface area contributed by atoms with Gasteiger partial charge in [-0.25, -0.2) is 0 Å². The van der Waals surface area contributed by atoms with Gasteiger partial charge in [0.05, 0.1) is 11.7 Å². The summed E-state index contributed by atoms with van der Waals surface area (Å²) in [6.45, 7) is 6.67. The fourth-order valence-corrected chi connectivity index (χ4v) is 2.56. The number of likely N-dealkylation sites (N-methyl/N-ethyl adjacent to an activating group) is 1. The molecule has 0 aromatic carbocycles. The predicted octanol–water partition coefficient (Wildman–Crippen LogP) is 2.39. The minimum absolute atomic E-state index is 0.464. The van der Waals surface area contributed by atoms with Crippen molar-refractivity contribution in [2.75, 3.05) is 20.1 Å². The molecule has 1 aromatic heterocycles. The largest absolute Gasteiger partial charge is 0.307 e. The van der Waals surface area contributed by atoms with Gasteiger partial charge in [0.25, 0.3) is 0 Å². The highest BCUT2D eigenvalue weighted by atomic mass is 15.1. The van der Waals surface area contributed by atoms with E-state index in [2.05, 4.69) is 42.2 Å². The lowest BCUT2D eigenvalue weighted by Crippen LogP contribution is -2.36. The average Bonchev–Trinajstić information content (AvgIpc) is 2.81. The lowest BCUT2D eigenvalue weighted by molar-refractivity contribution is 0.248. The highest BCUT2D eigenvalue weighted by molar-refractivity contribution is 5.27. The van der Waals surface area contributed by atoms with Crippen LogP contribution in [0.25, 0.3) is 0 Å². The lowest BCUT2D eigenvalue weighted by atomic mass is 10.2. The highest BCUT2D eigenvalue weighted by Crippen LogP contribution is 2.28. The number of hydrogen-bond donors (Lipinski definition) is 1. The minimum atomic E-state index is 0.464. The van der Waals surface area contributed by atoms with E-state index in [-0.39, 0.29) is 0 Å². The highest BCUT2D eigenvalue weighted by Gasteiger charge is 2.22. The molecule has 0 saturated carbocycles. The molecule has 0 fully saturated rings. The summed E-state index contributed by atoms with van der Waals surface area (Å²) in [7, 11) is 2.21. The molecule has 0 bridgehead atoms. The van der Waals surface area contributed by atoms with Crippen molar-refractivity contribution < 1.29 is 0 Å². The summed E-state index contributed by atoms with van der Waals surface area (Å²) < 4.78 is 0. The fourth-order valence-electron chi connectivity index (χ4n) is 2.56. The Hall–Kier alpha value is -0.930. The normalized spacial score (nSPS) is 20.1. The van der Waals surface area contributed by atoms with Gasteiger partial charge in [-0.05, 0) is 44.9 Å². The zero-order chi connectivity index (χ0) is 13.0. The molecule has 18 heavy (non-hydrogen) atoms. The maximum atomic E-state index is 4.51. The Kier molecular flexibility index (Phi) is 4.72. The van der Waals surface area contributed by atoms with Crippen LogP contribution in [0.2, 0.25) is 0 Å². The van der Waals surface area contributed by atoms with Crippen LogP contribution in [-0.4, -0.2) is 36.1 Å². The molecule has 1 aliphatic carbocycles.